The van der Waals surface area contributed by atoms with E-state index in [0.717, 1.165) is 6.42 Å². The van der Waals surface area contributed by atoms with Crippen molar-refractivity contribution >= 4 is 27.7 Å². The molecule has 9 rings (SSSR count). The second-order valence-corrected chi connectivity index (χ2v) is 16.0. The van der Waals surface area contributed by atoms with Gasteiger partial charge in [-0.1, -0.05) is 204 Å². The molecule has 0 saturated heterocycles. The minimum absolute atomic E-state index is 0.0819. The molecule has 1 heteroatoms. The predicted molar refractivity (Wildman–Crippen MR) is 266 cm³/mol. The average Bonchev–Trinajstić information content (AvgIpc) is 3.50. The van der Waals surface area contributed by atoms with Crippen molar-refractivity contribution in [3.8, 4) is 11.1 Å². The highest BCUT2D eigenvalue weighted by Gasteiger charge is 2.38. The summed E-state index contributed by atoms with van der Waals surface area (Å²) in [6.45, 7) is 25.9. The van der Waals surface area contributed by atoms with Crippen molar-refractivity contribution in [1.82, 2.24) is 0 Å². The molecule has 0 heterocycles. The van der Waals surface area contributed by atoms with Gasteiger partial charge in [0.2, 0.25) is 0 Å². The summed E-state index contributed by atoms with van der Waals surface area (Å²) in [7, 11) is 0. The molecule has 0 bridgehead atoms. The molecule has 1 atom stereocenters. The van der Waals surface area contributed by atoms with Crippen molar-refractivity contribution in [1.29, 1.82) is 0 Å². The Morgan fingerprint density at radius 2 is 1.02 bits per heavy atom. The number of allylic oxidation sites excluding steroid dienone is 2. The lowest BCUT2D eigenvalue weighted by Gasteiger charge is -2.38. The summed E-state index contributed by atoms with van der Waals surface area (Å²) < 4.78 is 0. The monoisotopic (exact) mass is 790 g/mol. The van der Waals surface area contributed by atoms with Crippen LogP contribution in [0.4, 0.5) is 11.4 Å². The Bertz CT molecular complexity index is 2510. The summed E-state index contributed by atoms with van der Waals surface area (Å²) in [6, 6.07) is 57.1. The summed E-state index contributed by atoms with van der Waals surface area (Å²) >= 11 is 0. The van der Waals surface area contributed by atoms with Crippen LogP contribution in [0.1, 0.15) is 99.4 Å². The Labute approximate surface area is 363 Å². The fraction of sp³-hybridized carbons (Fsp3) is 0.254. The fourth-order valence-corrected chi connectivity index (χ4v) is 8.43. The first-order valence-corrected chi connectivity index (χ1v) is 22.1. The minimum Gasteiger partial charge on any atom is -0.333 e. The molecule has 60 heavy (non-hydrogen) atoms. The molecule has 0 N–H and O–H groups in total. The van der Waals surface area contributed by atoms with Gasteiger partial charge in [0.05, 0.1) is 6.04 Å². The van der Waals surface area contributed by atoms with Crippen LogP contribution < -0.4 is 4.90 Å². The summed E-state index contributed by atoms with van der Waals surface area (Å²) in [5, 5.41) is 2.64. The molecule has 0 aromatic heterocycles. The third-order valence-electron chi connectivity index (χ3n) is 11.8. The normalized spacial score (nSPS) is 14.1. The smallest absolute Gasteiger partial charge is 0.0592 e. The van der Waals surface area contributed by atoms with Gasteiger partial charge >= 0.3 is 0 Å². The third kappa shape index (κ3) is 9.75. The van der Waals surface area contributed by atoms with Gasteiger partial charge in [0.15, 0.2) is 0 Å². The second kappa shape index (κ2) is 20.9. The molecule has 2 aliphatic rings. The Morgan fingerprint density at radius 1 is 0.483 bits per heavy atom. The highest BCUT2D eigenvalue weighted by atomic mass is 15.2. The molecule has 0 fully saturated rings. The molecular formula is C59H67N. The van der Waals surface area contributed by atoms with Gasteiger partial charge in [-0.3, -0.25) is 0 Å². The van der Waals surface area contributed by atoms with Gasteiger partial charge < -0.3 is 4.90 Å². The molecular weight excluding hydrogens is 723 g/mol. The van der Waals surface area contributed by atoms with Crippen molar-refractivity contribution in [2.75, 3.05) is 4.90 Å². The molecule has 0 spiro atoms. The zero-order valence-electron chi connectivity index (χ0n) is 38.4. The van der Waals surface area contributed by atoms with E-state index >= 15 is 0 Å². The maximum atomic E-state index is 2.62. The third-order valence-corrected chi connectivity index (χ3v) is 11.8. The number of hydrogen-bond acceptors (Lipinski definition) is 1. The number of rotatable bonds is 4. The Balaban J connectivity index is 0.000000298. The highest BCUT2D eigenvalue weighted by Crippen LogP contribution is 2.54. The SMILES string of the molecule is CC.CC.CC1=C(c2ccccc2C)C=CCC1N(c1ccccc1)c1cc2c(c3ccccc13)-c1ccc(C)cc1C2(C)C.Cc1ccccc1.Cc1ccccc1C. The van der Waals surface area contributed by atoms with E-state index in [2.05, 4.69) is 212 Å². The Morgan fingerprint density at radius 3 is 1.58 bits per heavy atom. The van der Waals surface area contributed by atoms with Crippen molar-refractivity contribution < 1.29 is 0 Å². The predicted octanol–water partition coefficient (Wildman–Crippen LogP) is 17.1. The number of para-hydroxylation sites is 1. The molecule has 0 aliphatic heterocycles. The molecule has 7 aromatic carbocycles. The van der Waals surface area contributed by atoms with Crippen LogP contribution >= 0.6 is 0 Å². The molecule has 1 unspecified atom stereocenters. The van der Waals surface area contributed by atoms with Crippen molar-refractivity contribution in [2.24, 2.45) is 0 Å². The lowest BCUT2D eigenvalue weighted by molar-refractivity contribution is 0.659. The summed E-state index contributed by atoms with van der Waals surface area (Å²) in [5.74, 6) is 0. The molecule has 1 nitrogen and oxygen atoms in total. The number of aryl methyl sites for hydroxylation is 5. The van der Waals surface area contributed by atoms with E-state index < -0.39 is 0 Å². The van der Waals surface area contributed by atoms with Crippen LogP contribution in [0.5, 0.6) is 0 Å². The van der Waals surface area contributed by atoms with Gasteiger partial charge in [0.1, 0.15) is 0 Å². The van der Waals surface area contributed by atoms with E-state index in [9.17, 15) is 0 Å². The van der Waals surface area contributed by atoms with Crippen LogP contribution in [0.2, 0.25) is 0 Å². The van der Waals surface area contributed by atoms with E-state index in [1.165, 1.54) is 88.9 Å². The molecule has 0 radical (unpaired) electrons. The first kappa shape index (κ1) is 45.2. The first-order valence-electron chi connectivity index (χ1n) is 22.1. The lowest BCUT2D eigenvalue weighted by Crippen LogP contribution is -2.34. The van der Waals surface area contributed by atoms with E-state index in [4.69, 9.17) is 0 Å². The topological polar surface area (TPSA) is 3.24 Å². The molecule has 0 amide bonds. The fourth-order valence-electron chi connectivity index (χ4n) is 8.43. The van der Waals surface area contributed by atoms with E-state index in [-0.39, 0.29) is 11.5 Å². The standard InChI is InChI=1S/C40H37N.C8H10.C7H8.2C2H6/c1-26-22-23-34-35(24-26)40(4,5)36-25-38(32-18-11-12-19-33(32)39(34)36)41(29-15-7-6-8-16-29)37-21-13-20-31(28(37)3)30-17-10-9-14-27(30)2;1-7-5-3-4-6-8(7)2;1-7-5-3-2-4-6-7;2*1-2/h6-20,22-25,37H,21H2,1-5H3;3-6H,1-2H3;2-6H,1H3;2*1-2H3. The average molecular weight is 790 g/mol. The largest absolute Gasteiger partial charge is 0.333 e. The van der Waals surface area contributed by atoms with E-state index in [1.807, 2.05) is 45.9 Å². The van der Waals surface area contributed by atoms with Gasteiger partial charge in [0, 0.05) is 22.2 Å². The highest BCUT2D eigenvalue weighted by molar-refractivity contribution is 6.09. The zero-order chi connectivity index (χ0) is 43.4. The molecule has 7 aromatic rings. The van der Waals surface area contributed by atoms with Crippen LogP contribution in [0, 0.1) is 34.6 Å². The van der Waals surface area contributed by atoms with Gasteiger partial charge in [0.25, 0.3) is 0 Å². The van der Waals surface area contributed by atoms with Crippen LogP contribution in [0.25, 0.3) is 27.5 Å². The summed E-state index contributed by atoms with van der Waals surface area (Å²) in [5.41, 5.74) is 18.8. The maximum Gasteiger partial charge on any atom is 0.0592 e. The number of hydrogen-bond donors (Lipinski definition) is 0. The van der Waals surface area contributed by atoms with Gasteiger partial charge in [-0.05, 0) is 127 Å². The Kier molecular flexibility index (Phi) is 15.7. The molecule has 0 saturated carbocycles. The summed E-state index contributed by atoms with van der Waals surface area (Å²) in [4.78, 5) is 2.62. The number of fused-ring (bicyclic) bond motifs is 5. The van der Waals surface area contributed by atoms with Crippen molar-refractivity contribution in [2.45, 2.75) is 101 Å². The number of benzene rings is 7. The van der Waals surface area contributed by atoms with Gasteiger partial charge in [-0.15, -0.1) is 0 Å². The van der Waals surface area contributed by atoms with E-state index in [0.29, 0.717) is 0 Å². The number of anilines is 2. The molecule has 308 valence electrons. The van der Waals surface area contributed by atoms with Crippen LogP contribution in [0.15, 0.2) is 175 Å². The van der Waals surface area contributed by atoms with Crippen molar-refractivity contribution in [3.05, 3.63) is 220 Å². The molecule has 2 aliphatic carbocycles. The van der Waals surface area contributed by atoms with Crippen LogP contribution in [-0.2, 0) is 5.41 Å². The van der Waals surface area contributed by atoms with Crippen LogP contribution in [0.3, 0.4) is 0 Å². The number of nitrogens with zero attached hydrogens (tertiary/aromatic N) is 1. The van der Waals surface area contributed by atoms with Crippen LogP contribution in [-0.4, -0.2) is 6.04 Å². The summed E-state index contributed by atoms with van der Waals surface area (Å²) in [6.07, 6.45) is 5.66. The minimum atomic E-state index is -0.0819. The quantitative estimate of drug-likeness (QED) is 0.172. The Hall–Kier alpha value is -5.92. The zero-order valence-corrected chi connectivity index (χ0v) is 38.4. The first-order chi connectivity index (χ1) is 29.1. The van der Waals surface area contributed by atoms with Gasteiger partial charge in [-0.2, -0.15) is 0 Å². The van der Waals surface area contributed by atoms with E-state index in [1.54, 1.807) is 0 Å². The van der Waals surface area contributed by atoms with Crippen molar-refractivity contribution in [3.63, 3.8) is 0 Å². The maximum absolute atomic E-state index is 2.62. The second-order valence-electron chi connectivity index (χ2n) is 16.0. The lowest BCUT2D eigenvalue weighted by atomic mass is 9.81. The van der Waals surface area contributed by atoms with Gasteiger partial charge in [-0.25, -0.2) is 0 Å².